The van der Waals surface area contributed by atoms with E-state index < -0.39 is 0 Å². The number of benzene rings is 1. The van der Waals surface area contributed by atoms with Gasteiger partial charge >= 0.3 is 0 Å². The van der Waals surface area contributed by atoms with Gasteiger partial charge in [-0.25, -0.2) is 0 Å². The Bertz CT molecular complexity index is 423. The first-order valence-corrected chi connectivity index (χ1v) is 6.99. The normalized spacial score (nSPS) is 35.4. The van der Waals surface area contributed by atoms with Crippen molar-refractivity contribution < 1.29 is 0 Å². The lowest BCUT2D eigenvalue weighted by Gasteiger charge is -2.30. The Morgan fingerprint density at radius 2 is 1.88 bits per heavy atom. The molecule has 3 atom stereocenters. The summed E-state index contributed by atoms with van der Waals surface area (Å²) in [6.07, 6.45) is 4.13. The van der Waals surface area contributed by atoms with Crippen molar-refractivity contribution in [1.29, 1.82) is 0 Å². The van der Waals surface area contributed by atoms with Crippen LogP contribution < -0.4 is 5.32 Å². The molecule has 1 aliphatic carbocycles. The Morgan fingerprint density at radius 3 is 2.71 bits per heavy atom. The second-order valence-corrected chi connectivity index (χ2v) is 5.80. The monoisotopic (exact) mass is 228 g/mol. The molecule has 3 unspecified atom stereocenters. The molecular weight excluding hydrogens is 208 g/mol. The van der Waals surface area contributed by atoms with Crippen molar-refractivity contribution in [3.63, 3.8) is 0 Å². The quantitative estimate of drug-likeness (QED) is 0.835. The van der Waals surface area contributed by atoms with E-state index in [9.17, 15) is 0 Å². The molecule has 0 amide bonds. The molecule has 2 fully saturated rings. The Labute approximate surface area is 103 Å². The van der Waals surface area contributed by atoms with Crippen LogP contribution in [0, 0.1) is 0 Å². The van der Waals surface area contributed by atoms with E-state index in [0.29, 0.717) is 6.04 Å². The van der Waals surface area contributed by atoms with Crippen molar-refractivity contribution in [2.45, 2.75) is 37.3 Å². The third kappa shape index (κ3) is 1.71. The fourth-order valence-electron chi connectivity index (χ4n) is 3.61. The second kappa shape index (κ2) is 3.82. The topological polar surface area (TPSA) is 15.3 Å². The zero-order chi connectivity index (χ0) is 11.2. The lowest BCUT2D eigenvalue weighted by molar-refractivity contribution is 0.286. The Kier molecular flexibility index (Phi) is 2.27. The number of fused-ring (bicyclic) bond motifs is 3. The highest BCUT2D eigenvalue weighted by Crippen LogP contribution is 2.48. The van der Waals surface area contributed by atoms with E-state index >= 15 is 0 Å². The Hall–Kier alpha value is -0.860. The summed E-state index contributed by atoms with van der Waals surface area (Å²) in [6.45, 7) is 3.81. The van der Waals surface area contributed by atoms with Crippen molar-refractivity contribution in [3.05, 3.63) is 35.4 Å². The van der Waals surface area contributed by atoms with Gasteiger partial charge in [0.05, 0.1) is 0 Å². The van der Waals surface area contributed by atoms with Gasteiger partial charge in [0.15, 0.2) is 0 Å². The smallest absolute Gasteiger partial charge is 0.0454 e. The maximum atomic E-state index is 3.83. The van der Waals surface area contributed by atoms with Gasteiger partial charge < -0.3 is 10.2 Å². The molecule has 4 rings (SSSR count). The molecular formula is C15H20N2. The van der Waals surface area contributed by atoms with E-state index in [-0.39, 0.29) is 0 Å². The average molecular weight is 228 g/mol. The highest BCUT2D eigenvalue weighted by Gasteiger charge is 2.45. The first-order valence-electron chi connectivity index (χ1n) is 6.99. The third-order valence-electron chi connectivity index (χ3n) is 4.62. The van der Waals surface area contributed by atoms with Crippen LogP contribution in [-0.4, -0.2) is 30.6 Å². The zero-order valence-corrected chi connectivity index (χ0v) is 10.2. The number of nitrogens with zero attached hydrogens (tertiary/aromatic N) is 1. The predicted octanol–water partition coefficient (Wildman–Crippen LogP) is 2.28. The Balaban J connectivity index is 1.60. The highest BCUT2D eigenvalue weighted by atomic mass is 15.2. The molecule has 1 aromatic rings. The molecule has 1 saturated carbocycles. The fraction of sp³-hybridized carbons (Fsp3) is 0.600. The first-order chi connectivity index (χ1) is 8.42. The molecule has 1 N–H and O–H groups in total. The summed E-state index contributed by atoms with van der Waals surface area (Å²) < 4.78 is 0. The van der Waals surface area contributed by atoms with E-state index in [2.05, 4.69) is 34.5 Å². The van der Waals surface area contributed by atoms with Gasteiger partial charge in [-0.05, 0) is 43.5 Å². The van der Waals surface area contributed by atoms with Crippen molar-refractivity contribution in [3.8, 4) is 0 Å². The number of likely N-dealkylation sites (tertiary alicyclic amines) is 1. The van der Waals surface area contributed by atoms with Crippen LogP contribution in [0.5, 0.6) is 0 Å². The van der Waals surface area contributed by atoms with Gasteiger partial charge in [-0.15, -0.1) is 0 Å². The number of hydrogen-bond donors (Lipinski definition) is 1. The summed E-state index contributed by atoms with van der Waals surface area (Å²) >= 11 is 0. The summed E-state index contributed by atoms with van der Waals surface area (Å²) in [6, 6.07) is 10.4. The van der Waals surface area contributed by atoms with E-state index in [1.54, 1.807) is 11.1 Å². The molecule has 0 radical (unpaired) electrons. The van der Waals surface area contributed by atoms with Gasteiger partial charge in [0, 0.05) is 24.5 Å². The lowest BCUT2D eigenvalue weighted by atomic mass is 9.93. The molecule has 2 heterocycles. The maximum Gasteiger partial charge on any atom is 0.0454 e. The molecule has 0 aromatic heterocycles. The minimum Gasteiger partial charge on any atom is -0.305 e. The van der Waals surface area contributed by atoms with Crippen molar-refractivity contribution in [1.82, 2.24) is 10.2 Å². The molecule has 0 bridgehead atoms. The average Bonchev–Trinajstić information content (AvgIpc) is 2.97. The van der Waals surface area contributed by atoms with Crippen LogP contribution >= 0.6 is 0 Å². The van der Waals surface area contributed by atoms with Crippen molar-refractivity contribution in [2.75, 3.05) is 19.6 Å². The van der Waals surface area contributed by atoms with Gasteiger partial charge in [-0.2, -0.15) is 0 Å². The summed E-state index contributed by atoms with van der Waals surface area (Å²) in [5, 5.41) is 3.83. The van der Waals surface area contributed by atoms with E-state index in [4.69, 9.17) is 0 Å². The van der Waals surface area contributed by atoms with Crippen LogP contribution in [0.3, 0.4) is 0 Å². The number of rotatable bonds is 2. The predicted molar refractivity (Wildman–Crippen MR) is 69.1 cm³/mol. The standard InChI is InChI=1S/C15H20N2/c1-2-6-12-11(5-1)13-9-14(13)16-15(12)10-17-7-3-4-8-17/h1-2,5-6,13-16H,3-4,7-10H2. The molecule has 17 heavy (non-hydrogen) atoms. The van der Waals surface area contributed by atoms with E-state index in [0.717, 1.165) is 12.0 Å². The highest BCUT2D eigenvalue weighted by molar-refractivity contribution is 5.41. The van der Waals surface area contributed by atoms with Gasteiger partial charge in [-0.1, -0.05) is 24.3 Å². The first kappa shape index (κ1) is 10.1. The summed E-state index contributed by atoms with van der Waals surface area (Å²) in [5.41, 5.74) is 3.19. The molecule has 2 heteroatoms. The van der Waals surface area contributed by atoms with Gasteiger partial charge in [0.25, 0.3) is 0 Å². The summed E-state index contributed by atoms with van der Waals surface area (Å²) in [5.74, 6) is 0.820. The minimum atomic E-state index is 0.577. The molecule has 2 nitrogen and oxygen atoms in total. The van der Waals surface area contributed by atoms with E-state index in [1.807, 2.05) is 0 Å². The second-order valence-electron chi connectivity index (χ2n) is 5.80. The lowest BCUT2D eigenvalue weighted by Crippen LogP contribution is -2.37. The molecule has 90 valence electrons. The summed E-state index contributed by atoms with van der Waals surface area (Å²) in [4.78, 5) is 2.62. The van der Waals surface area contributed by atoms with E-state index in [1.165, 1.54) is 38.9 Å². The Morgan fingerprint density at radius 1 is 1.12 bits per heavy atom. The van der Waals surface area contributed by atoms with Crippen LogP contribution in [0.2, 0.25) is 0 Å². The number of hydrogen-bond acceptors (Lipinski definition) is 2. The molecule has 1 saturated heterocycles. The van der Waals surface area contributed by atoms with Gasteiger partial charge in [0.1, 0.15) is 0 Å². The number of nitrogens with one attached hydrogen (secondary N) is 1. The zero-order valence-electron chi connectivity index (χ0n) is 10.2. The van der Waals surface area contributed by atoms with Crippen LogP contribution in [-0.2, 0) is 0 Å². The fourth-order valence-corrected chi connectivity index (χ4v) is 3.61. The molecule has 3 aliphatic rings. The van der Waals surface area contributed by atoms with Crippen LogP contribution in [0.25, 0.3) is 0 Å². The van der Waals surface area contributed by atoms with Gasteiger partial charge in [0.2, 0.25) is 0 Å². The van der Waals surface area contributed by atoms with Crippen LogP contribution in [0.1, 0.15) is 42.3 Å². The maximum absolute atomic E-state index is 3.83. The molecule has 1 aromatic carbocycles. The van der Waals surface area contributed by atoms with Crippen molar-refractivity contribution in [2.24, 2.45) is 0 Å². The van der Waals surface area contributed by atoms with Crippen LogP contribution in [0.15, 0.2) is 24.3 Å². The molecule has 2 aliphatic heterocycles. The minimum absolute atomic E-state index is 0.577. The molecule has 0 spiro atoms. The SMILES string of the molecule is c1ccc2c(c1)C(CN1CCCC1)NC1CC21. The van der Waals surface area contributed by atoms with Crippen molar-refractivity contribution >= 4 is 0 Å². The van der Waals surface area contributed by atoms with Crippen LogP contribution in [0.4, 0.5) is 0 Å². The largest absolute Gasteiger partial charge is 0.305 e. The van der Waals surface area contributed by atoms with Gasteiger partial charge in [-0.3, -0.25) is 0 Å². The summed E-state index contributed by atoms with van der Waals surface area (Å²) in [7, 11) is 0. The third-order valence-corrected chi connectivity index (χ3v) is 4.62.